The molecule has 3 aromatic heterocycles. The Labute approximate surface area is 180 Å². The number of ether oxygens (including phenoxy) is 2. The number of halogens is 1. The zero-order valence-corrected chi connectivity index (χ0v) is 18.1. The number of nitrogens with zero attached hydrogens (tertiary/aromatic N) is 4. The van der Waals surface area contributed by atoms with Gasteiger partial charge < -0.3 is 13.9 Å². The molecule has 0 unspecified atom stereocenters. The minimum absolute atomic E-state index is 0.258. The molecule has 3 aromatic rings. The van der Waals surface area contributed by atoms with Gasteiger partial charge in [0.1, 0.15) is 23.2 Å². The third-order valence-corrected chi connectivity index (χ3v) is 5.28. The van der Waals surface area contributed by atoms with E-state index < -0.39 is 5.41 Å². The molecule has 4 rings (SSSR count). The van der Waals surface area contributed by atoms with E-state index in [-0.39, 0.29) is 17.7 Å². The van der Waals surface area contributed by atoms with Gasteiger partial charge in [0.25, 0.3) is 0 Å². The van der Waals surface area contributed by atoms with Gasteiger partial charge in [0.05, 0.1) is 17.7 Å². The van der Waals surface area contributed by atoms with Crippen LogP contribution in [0.25, 0.3) is 5.65 Å². The number of aromatic nitrogens is 4. The Morgan fingerprint density at radius 1 is 1.23 bits per heavy atom. The molecule has 1 aliphatic rings. The van der Waals surface area contributed by atoms with Crippen LogP contribution in [0, 0.1) is 5.41 Å². The Hall–Kier alpha value is -2.67. The maximum Gasteiger partial charge on any atom is 0.311 e. The monoisotopic (exact) mass is 428 g/mol. The lowest BCUT2D eigenvalue weighted by atomic mass is 9.89. The first-order valence-corrected chi connectivity index (χ1v) is 10.5. The van der Waals surface area contributed by atoms with E-state index in [1.165, 1.54) is 18.4 Å². The maximum atomic E-state index is 12.2. The molecule has 1 aliphatic carbocycles. The summed E-state index contributed by atoms with van der Waals surface area (Å²) in [7, 11) is 0. The van der Waals surface area contributed by atoms with Crippen molar-refractivity contribution in [3.05, 3.63) is 52.8 Å². The van der Waals surface area contributed by atoms with Crippen LogP contribution in [0.15, 0.2) is 30.6 Å². The summed E-state index contributed by atoms with van der Waals surface area (Å²) in [5.74, 6) is 1.17. The highest BCUT2D eigenvalue weighted by Crippen LogP contribution is 2.39. The summed E-state index contributed by atoms with van der Waals surface area (Å²) < 4.78 is 13.0. The average Bonchev–Trinajstić information content (AvgIpc) is 3.45. The summed E-state index contributed by atoms with van der Waals surface area (Å²) in [5, 5.41) is 0.263. The molecule has 30 heavy (non-hydrogen) atoms. The number of hydrogen-bond donors (Lipinski definition) is 0. The molecular formula is C22H25ClN4O3. The van der Waals surface area contributed by atoms with E-state index in [9.17, 15) is 4.79 Å². The van der Waals surface area contributed by atoms with Crippen LogP contribution in [0.5, 0.6) is 5.88 Å². The zero-order valence-electron chi connectivity index (χ0n) is 17.4. The third-order valence-electron chi connectivity index (χ3n) is 5.09. The van der Waals surface area contributed by atoms with Crippen molar-refractivity contribution in [1.82, 2.24) is 19.4 Å². The van der Waals surface area contributed by atoms with E-state index in [1.54, 1.807) is 26.8 Å². The minimum Gasteiger partial charge on any atom is -0.471 e. The Morgan fingerprint density at radius 2 is 2.03 bits per heavy atom. The van der Waals surface area contributed by atoms with Gasteiger partial charge in [-0.3, -0.25) is 4.79 Å². The summed E-state index contributed by atoms with van der Waals surface area (Å²) in [6.07, 6.45) is 6.93. The zero-order chi connectivity index (χ0) is 21.3. The number of fused-ring (bicyclic) bond motifs is 1. The molecule has 0 aliphatic heterocycles. The highest BCUT2D eigenvalue weighted by molar-refractivity contribution is 6.29. The van der Waals surface area contributed by atoms with Gasteiger partial charge in [0.2, 0.25) is 5.88 Å². The Morgan fingerprint density at radius 3 is 2.77 bits per heavy atom. The fraction of sp³-hybridized carbons (Fsp3) is 0.455. The molecule has 0 atom stereocenters. The first-order valence-electron chi connectivity index (χ1n) is 10.1. The van der Waals surface area contributed by atoms with Gasteiger partial charge in [0.15, 0.2) is 0 Å². The van der Waals surface area contributed by atoms with Gasteiger partial charge in [0, 0.05) is 24.9 Å². The predicted octanol–water partition coefficient (Wildman–Crippen LogP) is 4.37. The molecule has 0 bridgehead atoms. The molecule has 0 spiro atoms. The van der Waals surface area contributed by atoms with Crippen molar-refractivity contribution in [1.29, 1.82) is 0 Å². The van der Waals surface area contributed by atoms with E-state index in [4.69, 9.17) is 21.1 Å². The summed E-state index contributed by atoms with van der Waals surface area (Å²) >= 11 is 6.15. The van der Waals surface area contributed by atoms with E-state index in [1.807, 2.05) is 16.7 Å². The fourth-order valence-electron chi connectivity index (χ4n) is 3.33. The molecule has 1 saturated carbocycles. The van der Waals surface area contributed by atoms with Crippen molar-refractivity contribution in [2.24, 2.45) is 5.41 Å². The second-order valence-corrected chi connectivity index (χ2v) is 8.64. The number of imidazole rings is 1. The second-order valence-electron chi connectivity index (χ2n) is 8.25. The number of rotatable bonds is 8. The molecule has 0 saturated heterocycles. The number of pyridine rings is 1. The van der Waals surface area contributed by atoms with Gasteiger partial charge >= 0.3 is 5.97 Å². The fourth-order valence-corrected chi connectivity index (χ4v) is 3.52. The van der Waals surface area contributed by atoms with E-state index in [0.717, 1.165) is 11.3 Å². The van der Waals surface area contributed by atoms with Gasteiger partial charge in [-0.05, 0) is 51.2 Å². The first kappa shape index (κ1) is 20.6. The quantitative estimate of drug-likeness (QED) is 0.391. The van der Waals surface area contributed by atoms with Crippen molar-refractivity contribution in [2.75, 3.05) is 6.61 Å². The maximum absolute atomic E-state index is 12.2. The number of carbonyl (C=O) groups is 1. The molecule has 0 radical (unpaired) electrons. The molecule has 7 nitrogen and oxygen atoms in total. The van der Waals surface area contributed by atoms with Crippen LogP contribution in [0.2, 0.25) is 5.15 Å². The lowest BCUT2D eigenvalue weighted by Gasteiger charge is -2.21. The van der Waals surface area contributed by atoms with E-state index in [2.05, 4.69) is 27.2 Å². The van der Waals surface area contributed by atoms with E-state index in [0.29, 0.717) is 30.7 Å². The Kier molecular flexibility index (Phi) is 5.64. The smallest absolute Gasteiger partial charge is 0.311 e. The highest BCUT2D eigenvalue weighted by Gasteiger charge is 2.31. The number of hydrogen-bond acceptors (Lipinski definition) is 6. The van der Waals surface area contributed by atoms with Crippen molar-refractivity contribution in [3.63, 3.8) is 0 Å². The van der Waals surface area contributed by atoms with Crippen molar-refractivity contribution < 1.29 is 14.3 Å². The van der Waals surface area contributed by atoms with Crippen molar-refractivity contribution in [3.8, 4) is 5.88 Å². The Bertz CT molecular complexity index is 1080. The minimum atomic E-state index is -0.765. The molecule has 3 heterocycles. The molecular weight excluding hydrogens is 404 g/mol. The standard InChI is InChI=1S/C22H25ClN4O3/c1-4-29-21(28)22(2,3)10-18-25-17(23)9-20(26-18)30-13-16-12-27-11-15(14-5-6-14)7-8-19(27)24-16/h7-9,11-12,14H,4-6,10,13H2,1-3H3. The van der Waals surface area contributed by atoms with Crippen LogP contribution in [0.3, 0.4) is 0 Å². The largest absolute Gasteiger partial charge is 0.471 e. The summed E-state index contributed by atoms with van der Waals surface area (Å²) in [6.45, 7) is 5.95. The van der Waals surface area contributed by atoms with Gasteiger partial charge in [-0.1, -0.05) is 17.7 Å². The topological polar surface area (TPSA) is 78.6 Å². The normalized spacial score (nSPS) is 14.1. The van der Waals surface area contributed by atoms with Gasteiger partial charge in [-0.15, -0.1) is 0 Å². The predicted molar refractivity (Wildman–Crippen MR) is 113 cm³/mol. The lowest BCUT2D eigenvalue weighted by molar-refractivity contribution is -0.153. The van der Waals surface area contributed by atoms with Crippen molar-refractivity contribution >= 4 is 23.2 Å². The average molecular weight is 429 g/mol. The van der Waals surface area contributed by atoms with Gasteiger partial charge in [-0.2, -0.15) is 4.98 Å². The molecule has 0 aromatic carbocycles. The molecule has 0 N–H and O–H groups in total. The van der Waals surface area contributed by atoms with Crippen LogP contribution < -0.4 is 4.74 Å². The lowest BCUT2D eigenvalue weighted by Crippen LogP contribution is -2.29. The number of esters is 1. The highest BCUT2D eigenvalue weighted by atomic mass is 35.5. The van der Waals surface area contributed by atoms with Crippen LogP contribution in [-0.2, 0) is 22.6 Å². The Balaban J connectivity index is 1.45. The van der Waals surface area contributed by atoms with Gasteiger partial charge in [-0.25, -0.2) is 9.97 Å². The van der Waals surface area contributed by atoms with E-state index >= 15 is 0 Å². The molecule has 158 valence electrons. The number of carbonyl (C=O) groups excluding carboxylic acids is 1. The first-order chi connectivity index (χ1) is 14.3. The third kappa shape index (κ3) is 4.73. The van der Waals surface area contributed by atoms with Crippen LogP contribution in [0.4, 0.5) is 0 Å². The summed E-state index contributed by atoms with van der Waals surface area (Å²) in [6, 6.07) is 5.74. The second kappa shape index (κ2) is 8.22. The summed E-state index contributed by atoms with van der Waals surface area (Å²) in [4.78, 5) is 25.4. The van der Waals surface area contributed by atoms with Crippen LogP contribution in [-0.4, -0.2) is 31.9 Å². The SMILES string of the molecule is CCOC(=O)C(C)(C)Cc1nc(Cl)cc(OCc2cn3cc(C4CC4)ccc3n2)n1. The summed E-state index contributed by atoms with van der Waals surface area (Å²) in [5.41, 5.74) is 2.27. The van der Waals surface area contributed by atoms with Crippen molar-refractivity contribution in [2.45, 2.75) is 52.6 Å². The van der Waals surface area contributed by atoms with Crippen LogP contribution in [0.1, 0.15) is 56.6 Å². The van der Waals surface area contributed by atoms with Crippen LogP contribution >= 0.6 is 11.6 Å². The molecule has 8 heteroatoms. The molecule has 1 fully saturated rings. The molecule has 0 amide bonds.